The van der Waals surface area contributed by atoms with E-state index in [1.54, 1.807) is 0 Å². The first kappa shape index (κ1) is 13.1. The van der Waals surface area contributed by atoms with E-state index in [-0.39, 0.29) is 0 Å². The van der Waals surface area contributed by atoms with E-state index in [2.05, 4.69) is 19.9 Å². The van der Waals surface area contributed by atoms with Gasteiger partial charge in [0.2, 0.25) is 0 Å². The van der Waals surface area contributed by atoms with Gasteiger partial charge in [-0.05, 0) is 5.92 Å². The number of allylic oxidation sites excluding steroid dienone is 3. The van der Waals surface area contributed by atoms with Crippen molar-refractivity contribution in [1.82, 2.24) is 0 Å². The molecular weight excluding hydrogens is 134 g/mol. The Morgan fingerprint density at radius 3 is 2.09 bits per heavy atom. The van der Waals surface area contributed by atoms with Gasteiger partial charge in [0.15, 0.2) is 0 Å². The molecule has 1 nitrogen and oxygen atoms in total. The molecule has 0 bridgehead atoms. The summed E-state index contributed by atoms with van der Waals surface area (Å²) in [6.45, 7) is 8.92. The average Bonchev–Trinajstić information content (AvgIpc) is 2.02. The topological polar surface area (TPSA) is 26.0 Å². The van der Waals surface area contributed by atoms with Crippen molar-refractivity contribution in [2.24, 2.45) is 11.7 Å². The monoisotopic (exact) mass is 155 g/mol. The van der Waals surface area contributed by atoms with Gasteiger partial charge >= 0.3 is 0 Å². The number of rotatable bonds is 3. The lowest BCUT2D eigenvalue weighted by atomic mass is 10.2. The van der Waals surface area contributed by atoms with E-state index in [1.807, 2.05) is 32.1 Å². The second kappa shape index (κ2) is 12.1. The predicted molar refractivity (Wildman–Crippen MR) is 53.5 cm³/mol. The molecule has 0 atom stereocenters. The molecule has 0 amide bonds. The van der Waals surface area contributed by atoms with Gasteiger partial charge in [0, 0.05) is 6.54 Å². The van der Waals surface area contributed by atoms with Crippen LogP contribution in [0.1, 0.15) is 27.7 Å². The minimum Gasteiger partial charge on any atom is -0.327 e. The summed E-state index contributed by atoms with van der Waals surface area (Å²) >= 11 is 0. The predicted octanol–water partition coefficient (Wildman–Crippen LogP) is 2.74. The van der Waals surface area contributed by atoms with E-state index in [1.165, 1.54) is 0 Å². The molecule has 0 fully saturated rings. The first-order valence-electron chi connectivity index (χ1n) is 4.30. The van der Waals surface area contributed by atoms with Crippen LogP contribution in [0.5, 0.6) is 0 Å². The normalized spacial score (nSPS) is 10.7. The van der Waals surface area contributed by atoms with E-state index in [4.69, 9.17) is 5.73 Å². The summed E-state index contributed by atoms with van der Waals surface area (Å²) in [4.78, 5) is 0. The minimum atomic E-state index is 0.627. The summed E-state index contributed by atoms with van der Waals surface area (Å²) in [6, 6.07) is 0. The molecule has 0 spiro atoms. The van der Waals surface area contributed by atoms with Crippen LogP contribution in [0, 0.1) is 5.92 Å². The number of hydrogen-bond donors (Lipinski definition) is 1. The highest BCUT2D eigenvalue weighted by molar-refractivity contribution is 5.03. The fourth-order valence-corrected chi connectivity index (χ4v) is 0.444. The summed E-state index contributed by atoms with van der Waals surface area (Å²) in [5.74, 6) is 0.632. The Kier molecular flexibility index (Phi) is 14.4. The second-order valence-electron chi connectivity index (χ2n) is 2.29. The molecule has 0 aromatic rings. The van der Waals surface area contributed by atoms with Crippen LogP contribution in [-0.4, -0.2) is 6.54 Å². The van der Waals surface area contributed by atoms with Gasteiger partial charge in [-0.2, -0.15) is 0 Å². The van der Waals surface area contributed by atoms with Crippen molar-refractivity contribution in [2.75, 3.05) is 6.54 Å². The zero-order valence-electron chi connectivity index (χ0n) is 8.17. The van der Waals surface area contributed by atoms with Crippen LogP contribution >= 0.6 is 0 Å². The van der Waals surface area contributed by atoms with Crippen molar-refractivity contribution in [1.29, 1.82) is 0 Å². The fourth-order valence-electron chi connectivity index (χ4n) is 0.444. The quantitative estimate of drug-likeness (QED) is 0.623. The van der Waals surface area contributed by atoms with Crippen molar-refractivity contribution in [3.8, 4) is 0 Å². The molecule has 0 aliphatic carbocycles. The summed E-state index contributed by atoms with van der Waals surface area (Å²) in [7, 11) is 0. The van der Waals surface area contributed by atoms with E-state index < -0.39 is 0 Å². The van der Waals surface area contributed by atoms with Crippen molar-refractivity contribution >= 4 is 0 Å². The highest BCUT2D eigenvalue weighted by Crippen LogP contribution is 1.92. The van der Waals surface area contributed by atoms with Crippen molar-refractivity contribution in [3.05, 3.63) is 24.3 Å². The Morgan fingerprint density at radius 1 is 1.18 bits per heavy atom. The van der Waals surface area contributed by atoms with E-state index in [0.29, 0.717) is 12.5 Å². The average molecular weight is 155 g/mol. The lowest BCUT2D eigenvalue weighted by molar-refractivity contribution is 0.832. The molecule has 0 aliphatic heterocycles. The third-order valence-corrected chi connectivity index (χ3v) is 0.879. The molecule has 66 valence electrons. The summed E-state index contributed by atoms with van der Waals surface area (Å²) < 4.78 is 0. The zero-order chi connectivity index (χ0) is 9.11. The lowest BCUT2D eigenvalue weighted by Gasteiger charge is -1.88. The van der Waals surface area contributed by atoms with E-state index >= 15 is 0 Å². The highest BCUT2D eigenvalue weighted by atomic mass is 14.5. The molecule has 0 aromatic heterocycles. The Bertz CT molecular complexity index is 101. The maximum Gasteiger partial charge on any atom is 0.0109 e. The van der Waals surface area contributed by atoms with Gasteiger partial charge in [0.05, 0.1) is 0 Å². The molecule has 0 radical (unpaired) electrons. The first-order valence-corrected chi connectivity index (χ1v) is 4.30. The Morgan fingerprint density at radius 2 is 1.73 bits per heavy atom. The Balaban J connectivity index is 0. The van der Waals surface area contributed by atoms with Gasteiger partial charge in [0.25, 0.3) is 0 Å². The molecular formula is C10H21N. The molecule has 0 heterocycles. The minimum absolute atomic E-state index is 0.627. The second-order valence-corrected chi connectivity index (χ2v) is 2.29. The third-order valence-electron chi connectivity index (χ3n) is 0.879. The summed E-state index contributed by atoms with van der Waals surface area (Å²) in [5.41, 5.74) is 5.22. The first-order chi connectivity index (χ1) is 5.27. The third kappa shape index (κ3) is 17.7. The van der Waals surface area contributed by atoms with Crippen LogP contribution in [0.15, 0.2) is 24.3 Å². The van der Waals surface area contributed by atoms with Crippen LogP contribution in [0.25, 0.3) is 0 Å². The Labute approximate surface area is 71.0 Å². The smallest absolute Gasteiger partial charge is 0.0109 e. The van der Waals surface area contributed by atoms with Crippen LogP contribution in [0.2, 0.25) is 0 Å². The van der Waals surface area contributed by atoms with Gasteiger partial charge in [-0.15, -0.1) is 0 Å². The molecule has 0 rings (SSSR count). The fraction of sp³-hybridized carbons (Fsp3) is 0.600. The van der Waals surface area contributed by atoms with Crippen LogP contribution < -0.4 is 5.73 Å². The van der Waals surface area contributed by atoms with Crippen LogP contribution in [-0.2, 0) is 0 Å². The maximum atomic E-state index is 5.22. The van der Waals surface area contributed by atoms with Crippen molar-refractivity contribution in [3.63, 3.8) is 0 Å². The lowest BCUT2D eigenvalue weighted by Crippen LogP contribution is -1.91. The molecule has 0 saturated carbocycles. The van der Waals surface area contributed by atoms with Crippen LogP contribution in [0.4, 0.5) is 0 Å². The highest BCUT2D eigenvalue weighted by Gasteiger charge is 1.78. The number of nitrogens with two attached hydrogens (primary N) is 1. The largest absolute Gasteiger partial charge is 0.327 e. The molecule has 1 heteroatoms. The van der Waals surface area contributed by atoms with Crippen LogP contribution in [0.3, 0.4) is 0 Å². The van der Waals surface area contributed by atoms with Gasteiger partial charge in [-0.25, -0.2) is 0 Å². The van der Waals surface area contributed by atoms with Gasteiger partial charge in [-0.3, -0.25) is 0 Å². The zero-order valence-corrected chi connectivity index (χ0v) is 8.17. The molecule has 0 aromatic carbocycles. The summed E-state index contributed by atoms with van der Waals surface area (Å²) in [5, 5.41) is 0. The van der Waals surface area contributed by atoms with Gasteiger partial charge in [-0.1, -0.05) is 52.0 Å². The van der Waals surface area contributed by atoms with Crippen molar-refractivity contribution in [2.45, 2.75) is 27.7 Å². The van der Waals surface area contributed by atoms with Gasteiger partial charge in [0.1, 0.15) is 0 Å². The maximum absolute atomic E-state index is 5.22. The molecule has 11 heavy (non-hydrogen) atoms. The van der Waals surface area contributed by atoms with Crippen molar-refractivity contribution < 1.29 is 0 Å². The molecule has 0 unspecified atom stereocenters. The van der Waals surface area contributed by atoms with E-state index in [0.717, 1.165) is 0 Å². The summed E-state index contributed by atoms with van der Waals surface area (Å²) in [6.07, 6.45) is 8.06. The number of hydrogen-bond acceptors (Lipinski definition) is 1. The molecule has 0 saturated heterocycles. The van der Waals surface area contributed by atoms with Gasteiger partial charge < -0.3 is 5.73 Å². The Hall–Kier alpha value is -0.560. The SMILES string of the molecule is CC.CC(C)/C=C\C=C/CN. The molecule has 2 N–H and O–H groups in total. The van der Waals surface area contributed by atoms with E-state index in [9.17, 15) is 0 Å². The standard InChI is InChI=1S/C8H15N.C2H6/c1-8(2)6-4-3-5-7-9;1-2/h3-6,8H,7,9H2,1-2H3;1-2H3/b5-3-,6-4-;. The molecule has 0 aliphatic rings.